The molecule has 5 nitrogen and oxygen atoms in total. The Hall–Kier alpha value is -1.57. The predicted octanol–water partition coefficient (Wildman–Crippen LogP) is 1.99. The van der Waals surface area contributed by atoms with Crippen molar-refractivity contribution in [3.8, 4) is 0 Å². The molecule has 102 valence electrons. The lowest BCUT2D eigenvalue weighted by Crippen LogP contribution is -2.16. The van der Waals surface area contributed by atoms with Crippen LogP contribution in [-0.2, 0) is 10.9 Å². The summed E-state index contributed by atoms with van der Waals surface area (Å²) in [5.41, 5.74) is 0. The van der Waals surface area contributed by atoms with E-state index in [1.54, 1.807) is 0 Å². The van der Waals surface area contributed by atoms with Gasteiger partial charge in [-0.3, -0.25) is 0 Å². The molecule has 0 aliphatic heterocycles. The fraction of sp³-hybridized carbons (Fsp3) is 0.600. The van der Waals surface area contributed by atoms with Crippen LogP contribution in [0.5, 0.6) is 0 Å². The van der Waals surface area contributed by atoms with Gasteiger partial charge in [-0.05, 0) is 6.92 Å². The zero-order valence-corrected chi connectivity index (χ0v) is 10.1. The van der Waals surface area contributed by atoms with Gasteiger partial charge in [-0.2, -0.15) is 13.2 Å². The third-order valence-corrected chi connectivity index (χ3v) is 1.99. The number of halogens is 3. The third kappa shape index (κ3) is 4.36. The first-order chi connectivity index (χ1) is 8.47. The Kier molecular flexibility index (Phi) is 5.14. The maximum absolute atomic E-state index is 12.5. The van der Waals surface area contributed by atoms with Gasteiger partial charge in [0.2, 0.25) is 5.82 Å². The number of ether oxygens (including phenoxy) is 1. The van der Waals surface area contributed by atoms with E-state index in [9.17, 15) is 13.2 Å². The van der Waals surface area contributed by atoms with Crippen molar-refractivity contribution in [3.05, 3.63) is 11.9 Å². The second-order valence-corrected chi connectivity index (χ2v) is 3.33. The predicted molar refractivity (Wildman–Crippen MR) is 61.6 cm³/mol. The van der Waals surface area contributed by atoms with Gasteiger partial charge in [0.15, 0.2) is 0 Å². The Balaban J connectivity index is 2.78. The molecule has 0 saturated heterocycles. The van der Waals surface area contributed by atoms with Crippen LogP contribution in [0.2, 0.25) is 0 Å². The lowest BCUT2D eigenvalue weighted by Gasteiger charge is -2.11. The fourth-order valence-electron chi connectivity index (χ4n) is 1.19. The van der Waals surface area contributed by atoms with Gasteiger partial charge in [0, 0.05) is 26.3 Å². The monoisotopic (exact) mass is 264 g/mol. The summed E-state index contributed by atoms with van der Waals surface area (Å²) < 4.78 is 42.6. The van der Waals surface area contributed by atoms with Gasteiger partial charge in [-0.1, -0.05) is 0 Å². The molecule has 0 amide bonds. The van der Waals surface area contributed by atoms with Gasteiger partial charge < -0.3 is 15.4 Å². The average Bonchev–Trinajstić information content (AvgIpc) is 2.33. The van der Waals surface area contributed by atoms with Crippen LogP contribution in [-0.4, -0.2) is 36.8 Å². The van der Waals surface area contributed by atoms with Crippen molar-refractivity contribution in [2.24, 2.45) is 0 Å². The molecule has 2 N–H and O–H groups in total. The van der Waals surface area contributed by atoms with Gasteiger partial charge in [0.1, 0.15) is 11.6 Å². The summed E-state index contributed by atoms with van der Waals surface area (Å²) in [5.74, 6) is -0.953. The lowest BCUT2D eigenvalue weighted by atomic mass is 10.4. The van der Waals surface area contributed by atoms with Crippen molar-refractivity contribution in [1.29, 1.82) is 0 Å². The topological polar surface area (TPSA) is 59.1 Å². The Morgan fingerprint density at radius 1 is 1.28 bits per heavy atom. The Morgan fingerprint density at radius 2 is 1.94 bits per heavy atom. The van der Waals surface area contributed by atoms with Crippen LogP contribution in [0.3, 0.4) is 0 Å². The molecule has 0 fully saturated rings. The summed E-state index contributed by atoms with van der Waals surface area (Å²) in [4.78, 5) is 6.76. The molecular weight excluding hydrogens is 249 g/mol. The summed E-state index contributed by atoms with van der Waals surface area (Å²) in [6.07, 6.45) is -4.57. The van der Waals surface area contributed by atoms with Gasteiger partial charge in [-0.15, -0.1) is 0 Å². The molecule has 8 heteroatoms. The van der Waals surface area contributed by atoms with E-state index in [1.165, 1.54) is 13.1 Å². The molecule has 1 aromatic heterocycles. The second-order valence-electron chi connectivity index (χ2n) is 3.33. The molecular formula is C10H15F3N4O. The van der Waals surface area contributed by atoms with E-state index in [1.807, 2.05) is 6.92 Å². The number of anilines is 2. The average molecular weight is 264 g/mol. The van der Waals surface area contributed by atoms with E-state index in [0.29, 0.717) is 19.8 Å². The highest BCUT2D eigenvalue weighted by atomic mass is 19.4. The minimum atomic E-state index is -4.57. The van der Waals surface area contributed by atoms with Crippen molar-refractivity contribution in [3.63, 3.8) is 0 Å². The minimum absolute atomic E-state index is 0.108. The molecule has 0 radical (unpaired) electrons. The Morgan fingerprint density at radius 3 is 2.50 bits per heavy atom. The van der Waals surface area contributed by atoms with Crippen LogP contribution in [0.4, 0.5) is 24.8 Å². The van der Waals surface area contributed by atoms with Crippen LogP contribution < -0.4 is 10.6 Å². The largest absolute Gasteiger partial charge is 0.451 e. The van der Waals surface area contributed by atoms with Gasteiger partial charge >= 0.3 is 6.18 Å². The Labute approximate surface area is 103 Å². The zero-order chi connectivity index (χ0) is 13.6. The van der Waals surface area contributed by atoms with E-state index < -0.39 is 12.0 Å². The molecule has 0 unspecified atom stereocenters. The van der Waals surface area contributed by atoms with Crippen molar-refractivity contribution in [1.82, 2.24) is 9.97 Å². The molecule has 18 heavy (non-hydrogen) atoms. The third-order valence-electron chi connectivity index (χ3n) is 1.99. The molecule has 1 aromatic rings. The number of hydrogen-bond donors (Lipinski definition) is 2. The van der Waals surface area contributed by atoms with Gasteiger partial charge in [-0.25, -0.2) is 9.97 Å². The maximum atomic E-state index is 12.5. The summed E-state index contributed by atoms with van der Waals surface area (Å²) in [7, 11) is 1.49. The number of nitrogens with one attached hydrogen (secondary N) is 2. The fourth-order valence-corrected chi connectivity index (χ4v) is 1.19. The van der Waals surface area contributed by atoms with E-state index >= 15 is 0 Å². The van der Waals surface area contributed by atoms with Crippen LogP contribution in [0.15, 0.2) is 6.07 Å². The number of rotatable bonds is 6. The zero-order valence-electron chi connectivity index (χ0n) is 10.1. The maximum Gasteiger partial charge on any atom is 0.451 e. The molecule has 0 bridgehead atoms. The highest BCUT2D eigenvalue weighted by molar-refractivity contribution is 5.47. The second kappa shape index (κ2) is 6.39. The molecule has 1 heterocycles. The van der Waals surface area contributed by atoms with Crippen LogP contribution in [0.25, 0.3) is 0 Å². The molecule has 0 spiro atoms. The summed E-state index contributed by atoms with van der Waals surface area (Å²) >= 11 is 0. The lowest BCUT2D eigenvalue weighted by molar-refractivity contribution is -0.144. The molecule has 0 aliphatic rings. The molecule has 1 rings (SSSR count). The number of alkyl halides is 3. The van der Waals surface area contributed by atoms with E-state index in [0.717, 1.165) is 0 Å². The minimum Gasteiger partial charge on any atom is -0.380 e. The van der Waals surface area contributed by atoms with E-state index in [2.05, 4.69) is 20.6 Å². The van der Waals surface area contributed by atoms with Gasteiger partial charge in [0.25, 0.3) is 0 Å². The number of hydrogen-bond acceptors (Lipinski definition) is 5. The van der Waals surface area contributed by atoms with Crippen LogP contribution in [0.1, 0.15) is 12.7 Å². The Bertz CT molecular complexity index is 384. The van der Waals surface area contributed by atoms with Crippen LogP contribution >= 0.6 is 0 Å². The molecule has 0 saturated carbocycles. The van der Waals surface area contributed by atoms with Gasteiger partial charge in [0.05, 0.1) is 6.61 Å². The highest BCUT2D eigenvalue weighted by Crippen LogP contribution is 2.28. The highest BCUT2D eigenvalue weighted by Gasteiger charge is 2.35. The number of aromatic nitrogens is 2. The number of nitrogens with zero attached hydrogens (tertiary/aromatic N) is 2. The van der Waals surface area contributed by atoms with Crippen molar-refractivity contribution in [2.45, 2.75) is 13.1 Å². The molecule has 0 aliphatic carbocycles. The first kappa shape index (κ1) is 14.5. The van der Waals surface area contributed by atoms with E-state index in [-0.39, 0.29) is 11.6 Å². The summed E-state index contributed by atoms with van der Waals surface area (Å²) in [5, 5.41) is 5.31. The quantitative estimate of drug-likeness (QED) is 0.769. The first-order valence-corrected chi connectivity index (χ1v) is 5.43. The molecule has 0 atom stereocenters. The smallest absolute Gasteiger partial charge is 0.380 e. The van der Waals surface area contributed by atoms with E-state index in [4.69, 9.17) is 4.74 Å². The standard InChI is InChI=1S/C10H15F3N4O/c1-3-18-5-4-15-8-6-7(14-2)16-9(17-8)10(11,12)13/h6H,3-5H2,1-2H3,(H2,14,15,16,17). The first-order valence-electron chi connectivity index (χ1n) is 5.43. The van der Waals surface area contributed by atoms with Crippen molar-refractivity contribution >= 4 is 11.6 Å². The SMILES string of the molecule is CCOCCNc1cc(NC)nc(C(F)(F)F)n1. The summed E-state index contributed by atoms with van der Waals surface area (Å²) in [6, 6.07) is 1.40. The van der Waals surface area contributed by atoms with Crippen molar-refractivity contribution in [2.75, 3.05) is 37.4 Å². The molecule has 0 aromatic carbocycles. The summed E-state index contributed by atoms with van der Waals surface area (Å²) in [6.45, 7) is 3.18. The van der Waals surface area contributed by atoms with Crippen molar-refractivity contribution < 1.29 is 17.9 Å². The normalized spacial score (nSPS) is 11.4. The van der Waals surface area contributed by atoms with Crippen LogP contribution in [0, 0.1) is 0 Å².